The van der Waals surface area contributed by atoms with E-state index >= 15 is 0 Å². The maximum atomic E-state index is 12.0. The third-order valence-electron chi connectivity index (χ3n) is 3.74. The first-order valence-corrected chi connectivity index (χ1v) is 7.37. The van der Waals surface area contributed by atoms with Crippen molar-refractivity contribution in [3.05, 3.63) is 34.9 Å². The standard InChI is InChI=1S/C15H19ClN2O3/c1-10(11-4-6-12(16)7-5-11)17-14(19)9-18-8-2-3-13(18)15(20)21/h4-7,10,13H,2-3,8-9H2,1H3,(H,17,19)(H,20,21). The third kappa shape index (κ3) is 4.19. The van der Waals surface area contributed by atoms with Crippen LogP contribution in [0.5, 0.6) is 0 Å². The number of aliphatic carboxylic acids is 1. The summed E-state index contributed by atoms with van der Waals surface area (Å²) in [6.07, 6.45) is 1.42. The number of carboxylic acids is 1. The fraction of sp³-hybridized carbons (Fsp3) is 0.467. The van der Waals surface area contributed by atoms with E-state index in [0.717, 1.165) is 12.0 Å². The van der Waals surface area contributed by atoms with Crippen molar-refractivity contribution in [2.45, 2.75) is 31.8 Å². The van der Waals surface area contributed by atoms with Gasteiger partial charge in [0.15, 0.2) is 0 Å². The first kappa shape index (κ1) is 15.8. The Morgan fingerprint density at radius 2 is 2.10 bits per heavy atom. The number of rotatable bonds is 5. The van der Waals surface area contributed by atoms with Crippen LogP contribution in [0.3, 0.4) is 0 Å². The summed E-state index contributed by atoms with van der Waals surface area (Å²) in [5.74, 6) is -1.02. The van der Waals surface area contributed by atoms with Gasteiger partial charge in [0.1, 0.15) is 6.04 Å². The van der Waals surface area contributed by atoms with E-state index in [1.807, 2.05) is 19.1 Å². The molecule has 2 N–H and O–H groups in total. The summed E-state index contributed by atoms with van der Waals surface area (Å²) >= 11 is 5.83. The summed E-state index contributed by atoms with van der Waals surface area (Å²) in [7, 11) is 0. The molecule has 5 nitrogen and oxygen atoms in total. The van der Waals surface area contributed by atoms with Gasteiger partial charge in [0.25, 0.3) is 0 Å². The van der Waals surface area contributed by atoms with Gasteiger partial charge >= 0.3 is 5.97 Å². The zero-order chi connectivity index (χ0) is 15.4. The van der Waals surface area contributed by atoms with Crippen LogP contribution in [-0.4, -0.2) is 41.0 Å². The summed E-state index contributed by atoms with van der Waals surface area (Å²) in [6.45, 7) is 2.66. The highest BCUT2D eigenvalue weighted by Gasteiger charge is 2.31. The second kappa shape index (κ2) is 6.91. The van der Waals surface area contributed by atoms with Crippen LogP contribution in [0, 0.1) is 0 Å². The number of carbonyl (C=O) groups is 2. The number of halogens is 1. The van der Waals surface area contributed by atoms with E-state index in [2.05, 4.69) is 5.32 Å². The Hall–Kier alpha value is -1.59. The lowest BCUT2D eigenvalue weighted by atomic mass is 10.1. The number of nitrogens with zero attached hydrogens (tertiary/aromatic N) is 1. The molecular weight excluding hydrogens is 292 g/mol. The SMILES string of the molecule is CC(NC(=O)CN1CCCC1C(=O)O)c1ccc(Cl)cc1. The molecule has 1 heterocycles. The minimum absolute atomic E-state index is 0.120. The number of benzene rings is 1. The molecule has 1 aromatic rings. The Kier molecular flexibility index (Phi) is 5.20. The monoisotopic (exact) mass is 310 g/mol. The molecule has 6 heteroatoms. The lowest BCUT2D eigenvalue weighted by Crippen LogP contribution is -2.43. The second-order valence-corrected chi connectivity index (χ2v) is 5.74. The van der Waals surface area contributed by atoms with Crippen molar-refractivity contribution in [3.63, 3.8) is 0 Å². The van der Waals surface area contributed by atoms with Crippen LogP contribution in [0.1, 0.15) is 31.4 Å². The van der Waals surface area contributed by atoms with Gasteiger partial charge in [0, 0.05) is 5.02 Å². The zero-order valence-electron chi connectivity index (χ0n) is 11.9. The maximum absolute atomic E-state index is 12.0. The average molecular weight is 311 g/mol. The summed E-state index contributed by atoms with van der Waals surface area (Å²) in [6, 6.07) is 6.61. The van der Waals surface area contributed by atoms with Gasteiger partial charge in [-0.05, 0) is 44.0 Å². The number of hydrogen-bond acceptors (Lipinski definition) is 3. The first-order valence-electron chi connectivity index (χ1n) is 6.99. The molecule has 0 saturated carbocycles. The third-order valence-corrected chi connectivity index (χ3v) is 3.99. The molecule has 0 aromatic heterocycles. The van der Waals surface area contributed by atoms with Crippen molar-refractivity contribution in [3.8, 4) is 0 Å². The van der Waals surface area contributed by atoms with Gasteiger partial charge in [0.05, 0.1) is 12.6 Å². The molecule has 1 fully saturated rings. The molecule has 2 unspecified atom stereocenters. The van der Waals surface area contributed by atoms with Gasteiger partial charge in [-0.1, -0.05) is 23.7 Å². The normalized spacial score (nSPS) is 20.2. The van der Waals surface area contributed by atoms with E-state index in [1.165, 1.54) is 0 Å². The van der Waals surface area contributed by atoms with Crippen molar-refractivity contribution in [1.82, 2.24) is 10.2 Å². The Morgan fingerprint density at radius 3 is 2.71 bits per heavy atom. The highest BCUT2D eigenvalue weighted by Crippen LogP contribution is 2.18. The fourth-order valence-electron chi connectivity index (χ4n) is 2.60. The molecule has 1 aliphatic rings. The molecule has 2 rings (SSSR count). The van der Waals surface area contributed by atoms with E-state index in [-0.39, 0.29) is 18.5 Å². The van der Waals surface area contributed by atoms with Gasteiger partial charge in [-0.2, -0.15) is 0 Å². The highest BCUT2D eigenvalue weighted by atomic mass is 35.5. The summed E-state index contributed by atoms with van der Waals surface area (Å²) in [4.78, 5) is 24.8. The molecule has 0 radical (unpaired) electrons. The predicted molar refractivity (Wildman–Crippen MR) is 80.2 cm³/mol. The number of carbonyl (C=O) groups excluding carboxylic acids is 1. The summed E-state index contributed by atoms with van der Waals surface area (Å²) in [5.41, 5.74) is 0.962. The molecule has 2 atom stereocenters. The molecule has 114 valence electrons. The van der Waals surface area contributed by atoms with Gasteiger partial charge in [-0.15, -0.1) is 0 Å². The van der Waals surface area contributed by atoms with Crippen LogP contribution in [-0.2, 0) is 9.59 Å². The molecule has 1 aromatic carbocycles. The van der Waals surface area contributed by atoms with Crippen LogP contribution in [0.4, 0.5) is 0 Å². The number of carboxylic acid groups (broad SMARTS) is 1. The molecular formula is C15H19ClN2O3. The zero-order valence-corrected chi connectivity index (χ0v) is 12.6. The van der Waals surface area contributed by atoms with Crippen molar-refractivity contribution in [2.75, 3.05) is 13.1 Å². The smallest absolute Gasteiger partial charge is 0.320 e. The van der Waals surface area contributed by atoms with Gasteiger partial charge in [-0.25, -0.2) is 0 Å². The number of amides is 1. The van der Waals surface area contributed by atoms with Gasteiger partial charge < -0.3 is 10.4 Å². The quantitative estimate of drug-likeness (QED) is 0.873. The minimum Gasteiger partial charge on any atom is -0.480 e. The fourth-order valence-corrected chi connectivity index (χ4v) is 2.73. The Morgan fingerprint density at radius 1 is 1.43 bits per heavy atom. The largest absolute Gasteiger partial charge is 0.480 e. The predicted octanol–water partition coefficient (Wildman–Crippen LogP) is 2.07. The van der Waals surface area contributed by atoms with Gasteiger partial charge in [-0.3, -0.25) is 14.5 Å². The van der Waals surface area contributed by atoms with Crippen molar-refractivity contribution in [1.29, 1.82) is 0 Å². The lowest BCUT2D eigenvalue weighted by molar-refractivity contribution is -0.142. The van der Waals surface area contributed by atoms with Crippen LogP contribution in [0.25, 0.3) is 0 Å². The van der Waals surface area contributed by atoms with Crippen LogP contribution < -0.4 is 5.32 Å². The topological polar surface area (TPSA) is 69.6 Å². The Labute approximate surface area is 128 Å². The number of hydrogen-bond donors (Lipinski definition) is 2. The summed E-state index contributed by atoms with van der Waals surface area (Å²) < 4.78 is 0. The van der Waals surface area contributed by atoms with Crippen molar-refractivity contribution >= 4 is 23.5 Å². The Bertz CT molecular complexity index is 518. The van der Waals surface area contributed by atoms with E-state index in [1.54, 1.807) is 17.0 Å². The second-order valence-electron chi connectivity index (χ2n) is 5.31. The maximum Gasteiger partial charge on any atom is 0.320 e. The lowest BCUT2D eigenvalue weighted by Gasteiger charge is -2.22. The molecule has 1 aliphatic heterocycles. The molecule has 21 heavy (non-hydrogen) atoms. The molecule has 0 bridgehead atoms. The summed E-state index contributed by atoms with van der Waals surface area (Å²) in [5, 5.41) is 12.6. The van der Waals surface area contributed by atoms with E-state index in [9.17, 15) is 9.59 Å². The Balaban J connectivity index is 1.89. The van der Waals surface area contributed by atoms with Crippen LogP contribution in [0.15, 0.2) is 24.3 Å². The first-order chi connectivity index (χ1) is 9.97. The van der Waals surface area contributed by atoms with Gasteiger partial charge in [0.2, 0.25) is 5.91 Å². The molecule has 0 aliphatic carbocycles. The average Bonchev–Trinajstić information content (AvgIpc) is 2.87. The van der Waals surface area contributed by atoms with Crippen molar-refractivity contribution < 1.29 is 14.7 Å². The van der Waals surface area contributed by atoms with E-state index in [0.29, 0.717) is 18.0 Å². The molecule has 0 spiro atoms. The molecule has 1 amide bonds. The van der Waals surface area contributed by atoms with E-state index < -0.39 is 12.0 Å². The van der Waals surface area contributed by atoms with Crippen molar-refractivity contribution in [2.24, 2.45) is 0 Å². The highest BCUT2D eigenvalue weighted by molar-refractivity contribution is 6.30. The van der Waals surface area contributed by atoms with Crippen LogP contribution >= 0.6 is 11.6 Å². The van der Waals surface area contributed by atoms with Crippen LogP contribution in [0.2, 0.25) is 5.02 Å². The molecule has 1 saturated heterocycles. The minimum atomic E-state index is -0.856. The number of nitrogens with one attached hydrogen (secondary N) is 1. The number of likely N-dealkylation sites (tertiary alicyclic amines) is 1. The van der Waals surface area contributed by atoms with E-state index in [4.69, 9.17) is 16.7 Å².